The summed E-state index contributed by atoms with van der Waals surface area (Å²) in [5, 5.41) is 8.90. The van der Waals surface area contributed by atoms with Gasteiger partial charge in [0.15, 0.2) is 0 Å². The number of halogens is 2. The quantitative estimate of drug-likeness (QED) is 0.564. The number of hydrogen-bond acceptors (Lipinski definition) is 4. The van der Waals surface area contributed by atoms with Crippen LogP contribution in [0.2, 0.25) is 5.02 Å². The molecule has 0 spiro atoms. The van der Waals surface area contributed by atoms with E-state index in [4.69, 9.17) is 16.0 Å². The second kappa shape index (κ2) is 6.64. The standard InChI is InChI=1S/C15H10BrClN2OS/c16-13-4-2-1-3-12(13)15-19-18-14(20-15)9-21-11-7-5-10(17)6-8-11/h1-8H,9H2. The van der Waals surface area contributed by atoms with Gasteiger partial charge in [0.2, 0.25) is 11.8 Å². The monoisotopic (exact) mass is 380 g/mol. The van der Waals surface area contributed by atoms with Crippen molar-refractivity contribution < 1.29 is 4.42 Å². The van der Waals surface area contributed by atoms with Crippen LogP contribution in [0.1, 0.15) is 5.89 Å². The second-order valence-electron chi connectivity index (χ2n) is 4.22. The van der Waals surface area contributed by atoms with E-state index in [1.807, 2.05) is 48.5 Å². The van der Waals surface area contributed by atoms with Crippen molar-refractivity contribution >= 4 is 39.3 Å². The van der Waals surface area contributed by atoms with E-state index in [1.54, 1.807) is 11.8 Å². The van der Waals surface area contributed by atoms with E-state index in [-0.39, 0.29) is 0 Å². The predicted octanol–water partition coefficient (Wildman–Crippen LogP) is 5.44. The zero-order valence-electron chi connectivity index (χ0n) is 10.8. The van der Waals surface area contributed by atoms with Gasteiger partial charge in [-0.15, -0.1) is 22.0 Å². The normalized spacial score (nSPS) is 10.8. The average molecular weight is 382 g/mol. The highest BCUT2D eigenvalue weighted by Gasteiger charge is 2.11. The molecule has 2 aromatic carbocycles. The number of hydrogen-bond donors (Lipinski definition) is 0. The minimum absolute atomic E-state index is 0.522. The van der Waals surface area contributed by atoms with Crippen LogP contribution in [0, 0.1) is 0 Å². The van der Waals surface area contributed by atoms with Crippen molar-refractivity contribution in [2.75, 3.05) is 0 Å². The molecular formula is C15H10BrClN2OS. The molecule has 0 N–H and O–H groups in total. The lowest BCUT2D eigenvalue weighted by Crippen LogP contribution is -1.80. The van der Waals surface area contributed by atoms with Crippen LogP contribution in [0.5, 0.6) is 0 Å². The molecule has 0 fully saturated rings. The molecule has 0 aliphatic carbocycles. The number of rotatable bonds is 4. The summed E-state index contributed by atoms with van der Waals surface area (Å²) in [5.74, 6) is 1.74. The Hall–Kier alpha value is -1.30. The fourth-order valence-electron chi connectivity index (χ4n) is 1.73. The number of thioether (sulfide) groups is 1. The smallest absolute Gasteiger partial charge is 0.248 e. The fraction of sp³-hybridized carbons (Fsp3) is 0.0667. The molecule has 3 rings (SSSR count). The van der Waals surface area contributed by atoms with E-state index >= 15 is 0 Å². The molecule has 0 amide bonds. The zero-order valence-corrected chi connectivity index (χ0v) is 14.0. The topological polar surface area (TPSA) is 38.9 Å². The SMILES string of the molecule is Clc1ccc(SCc2nnc(-c3ccccc3Br)o2)cc1. The number of aromatic nitrogens is 2. The summed E-state index contributed by atoms with van der Waals surface area (Å²) in [6.45, 7) is 0. The van der Waals surface area contributed by atoms with Gasteiger partial charge in [-0.25, -0.2) is 0 Å². The fourth-order valence-corrected chi connectivity index (χ4v) is 3.05. The molecule has 1 heterocycles. The molecule has 6 heteroatoms. The minimum Gasteiger partial charge on any atom is -0.420 e. The maximum Gasteiger partial charge on any atom is 0.248 e. The van der Waals surface area contributed by atoms with E-state index in [2.05, 4.69) is 26.1 Å². The molecule has 0 aliphatic heterocycles. The second-order valence-corrected chi connectivity index (χ2v) is 6.56. The van der Waals surface area contributed by atoms with Crippen LogP contribution in [-0.4, -0.2) is 10.2 Å². The van der Waals surface area contributed by atoms with Crippen molar-refractivity contribution in [1.29, 1.82) is 0 Å². The first kappa shape index (κ1) is 14.6. The molecule has 0 bridgehead atoms. The zero-order chi connectivity index (χ0) is 14.7. The van der Waals surface area contributed by atoms with Crippen molar-refractivity contribution in [2.24, 2.45) is 0 Å². The van der Waals surface area contributed by atoms with Crippen LogP contribution in [0.3, 0.4) is 0 Å². The van der Waals surface area contributed by atoms with Gasteiger partial charge in [0.1, 0.15) is 0 Å². The van der Waals surface area contributed by atoms with E-state index in [1.165, 1.54) is 0 Å². The number of benzene rings is 2. The van der Waals surface area contributed by atoms with Crippen molar-refractivity contribution in [3.05, 3.63) is 63.9 Å². The van der Waals surface area contributed by atoms with E-state index in [9.17, 15) is 0 Å². The molecule has 0 saturated carbocycles. The molecular weight excluding hydrogens is 372 g/mol. The average Bonchev–Trinajstić information content (AvgIpc) is 2.96. The van der Waals surface area contributed by atoms with Gasteiger partial charge in [0.05, 0.1) is 11.3 Å². The van der Waals surface area contributed by atoms with Crippen LogP contribution in [-0.2, 0) is 5.75 Å². The first-order chi connectivity index (χ1) is 10.2. The van der Waals surface area contributed by atoms with Crippen molar-refractivity contribution in [2.45, 2.75) is 10.6 Å². The summed E-state index contributed by atoms with van der Waals surface area (Å²) < 4.78 is 6.63. The Kier molecular flexibility index (Phi) is 4.63. The van der Waals surface area contributed by atoms with E-state index in [0.717, 1.165) is 20.0 Å². The maximum atomic E-state index is 5.86. The molecule has 21 heavy (non-hydrogen) atoms. The molecule has 0 unspecified atom stereocenters. The summed E-state index contributed by atoms with van der Waals surface area (Å²) in [4.78, 5) is 1.11. The minimum atomic E-state index is 0.522. The predicted molar refractivity (Wildman–Crippen MR) is 88.4 cm³/mol. The van der Waals surface area contributed by atoms with Crippen LogP contribution >= 0.6 is 39.3 Å². The summed E-state index contributed by atoms with van der Waals surface area (Å²) >= 11 is 11.0. The number of nitrogens with zero attached hydrogens (tertiary/aromatic N) is 2. The third-order valence-corrected chi connectivity index (χ3v) is 4.69. The molecule has 106 valence electrons. The molecule has 0 aliphatic rings. The Labute approximate surface area is 139 Å². The van der Waals surface area contributed by atoms with E-state index in [0.29, 0.717) is 17.5 Å². The lowest BCUT2D eigenvalue weighted by atomic mass is 10.2. The maximum absolute atomic E-state index is 5.86. The third kappa shape index (κ3) is 3.67. The molecule has 0 radical (unpaired) electrons. The summed E-state index contributed by atoms with van der Waals surface area (Å²) in [7, 11) is 0. The van der Waals surface area contributed by atoms with Gasteiger partial charge in [-0.1, -0.05) is 23.7 Å². The molecule has 0 saturated heterocycles. The highest BCUT2D eigenvalue weighted by atomic mass is 79.9. The summed E-state index contributed by atoms with van der Waals surface area (Å²) in [6.07, 6.45) is 0. The van der Waals surface area contributed by atoms with Crippen molar-refractivity contribution in [1.82, 2.24) is 10.2 Å². The summed E-state index contributed by atoms with van der Waals surface area (Å²) in [5.41, 5.74) is 0.896. The Balaban J connectivity index is 1.71. The molecule has 3 nitrogen and oxygen atoms in total. The molecule has 3 aromatic rings. The van der Waals surface area contributed by atoms with Gasteiger partial charge >= 0.3 is 0 Å². The van der Waals surface area contributed by atoms with Gasteiger partial charge < -0.3 is 4.42 Å². The van der Waals surface area contributed by atoms with Gasteiger partial charge in [-0.05, 0) is 52.3 Å². The Morgan fingerprint density at radius 1 is 1.05 bits per heavy atom. The summed E-state index contributed by atoms with van der Waals surface area (Å²) in [6, 6.07) is 15.4. The Morgan fingerprint density at radius 3 is 2.57 bits per heavy atom. The van der Waals surface area contributed by atoms with Gasteiger partial charge in [-0.2, -0.15) is 0 Å². The Morgan fingerprint density at radius 2 is 1.81 bits per heavy atom. The van der Waals surface area contributed by atoms with Gasteiger partial charge in [0.25, 0.3) is 0 Å². The highest BCUT2D eigenvalue weighted by molar-refractivity contribution is 9.10. The first-order valence-electron chi connectivity index (χ1n) is 6.18. The van der Waals surface area contributed by atoms with Crippen LogP contribution < -0.4 is 0 Å². The lowest BCUT2D eigenvalue weighted by Gasteiger charge is -1.99. The van der Waals surface area contributed by atoms with Gasteiger partial charge in [0, 0.05) is 14.4 Å². The highest BCUT2D eigenvalue weighted by Crippen LogP contribution is 2.29. The molecule has 0 atom stereocenters. The third-order valence-electron chi connectivity index (χ3n) is 2.75. The van der Waals surface area contributed by atoms with Crippen LogP contribution in [0.15, 0.2) is 62.3 Å². The lowest BCUT2D eigenvalue weighted by molar-refractivity contribution is 0.528. The van der Waals surface area contributed by atoms with Crippen LogP contribution in [0.4, 0.5) is 0 Å². The Bertz CT molecular complexity index is 745. The largest absolute Gasteiger partial charge is 0.420 e. The first-order valence-corrected chi connectivity index (χ1v) is 8.34. The van der Waals surface area contributed by atoms with Crippen LogP contribution in [0.25, 0.3) is 11.5 Å². The van der Waals surface area contributed by atoms with E-state index < -0.39 is 0 Å². The van der Waals surface area contributed by atoms with Crippen molar-refractivity contribution in [3.63, 3.8) is 0 Å². The molecule has 1 aromatic heterocycles. The van der Waals surface area contributed by atoms with Crippen molar-refractivity contribution in [3.8, 4) is 11.5 Å². The van der Waals surface area contributed by atoms with Gasteiger partial charge in [-0.3, -0.25) is 0 Å².